The van der Waals surface area contributed by atoms with E-state index >= 15 is 0 Å². The molecular weight excluding hydrogens is 142 g/mol. The molecule has 0 radical (unpaired) electrons. The largest absolute Gasteiger partial charge is 0.480 e. The Morgan fingerprint density at radius 2 is 2.09 bits per heavy atom. The fourth-order valence-electron chi connectivity index (χ4n) is 1.21. The molecule has 3 nitrogen and oxygen atoms in total. The van der Waals surface area contributed by atoms with Crippen molar-refractivity contribution in [3.8, 4) is 0 Å². The Labute approximate surface area is 67.6 Å². The molecule has 0 fully saturated rings. The Hall–Kier alpha value is -0.570. The molecular formula is C8H17NO2. The van der Waals surface area contributed by atoms with Crippen LogP contribution in [0.2, 0.25) is 0 Å². The first kappa shape index (κ1) is 10.4. The summed E-state index contributed by atoms with van der Waals surface area (Å²) in [6, 6.07) is -0.681. The van der Waals surface area contributed by atoms with Gasteiger partial charge in [0, 0.05) is 0 Å². The molecule has 2 unspecified atom stereocenters. The van der Waals surface area contributed by atoms with Gasteiger partial charge >= 0.3 is 5.97 Å². The van der Waals surface area contributed by atoms with Gasteiger partial charge in [-0.2, -0.15) is 0 Å². The van der Waals surface area contributed by atoms with E-state index in [1.165, 1.54) is 0 Å². The molecule has 0 bridgehead atoms. The van der Waals surface area contributed by atoms with E-state index in [0.29, 0.717) is 0 Å². The third-order valence-electron chi connectivity index (χ3n) is 1.98. The van der Waals surface area contributed by atoms with Crippen molar-refractivity contribution in [2.24, 2.45) is 11.7 Å². The molecule has 0 aromatic rings. The van der Waals surface area contributed by atoms with E-state index in [0.717, 1.165) is 19.3 Å². The number of carbonyl (C=O) groups is 1. The van der Waals surface area contributed by atoms with Gasteiger partial charge in [-0.1, -0.05) is 26.7 Å². The molecule has 0 saturated carbocycles. The zero-order chi connectivity index (χ0) is 8.85. The summed E-state index contributed by atoms with van der Waals surface area (Å²) < 4.78 is 0. The van der Waals surface area contributed by atoms with Crippen LogP contribution in [0.4, 0.5) is 0 Å². The minimum absolute atomic E-state index is 0.137. The predicted molar refractivity (Wildman–Crippen MR) is 44.3 cm³/mol. The SMILES string of the molecule is CCCC(CC)C(N)C(=O)O. The van der Waals surface area contributed by atoms with Crippen molar-refractivity contribution < 1.29 is 9.90 Å². The van der Waals surface area contributed by atoms with Crippen LogP contribution in [0.5, 0.6) is 0 Å². The molecule has 3 N–H and O–H groups in total. The van der Waals surface area contributed by atoms with Crippen molar-refractivity contribution in [2.45, 2.75) is 39.2 Å². The minimum Gasteiger partial charge on any atom is -0.480 e. The third-order valence-corrected chi connectivity index (χ3v) is 1.98. The predicted octanol–water partition coefficient (Wildman–Crippen LogP) is 1.22. The summed E-state index contributed by atoms with van der Waals surface area (Å²) in [5.74, 6) is -0.747. The summed E-state index contributed by atoms with van der Waals surface area (Å²) in [6.45, 7) is 4.01. The van der Waals surface area contributed by atoms with Crippen LogP contribution < -0.4 is 5.73 Å². The molecule has 0 aromatic heterocycles. The molecule has 0 heterocycles. The Morgan fingerprint density at radius 1 is 1.55 bits per heavy atom. The molecule has 3 heteroatoms. The normalized spacial score (nSPS) is 15.9. The first-order chi connectivity index (χ1) is 5.13. The molecule has 0 rings (SSSR count). The van der Waals surface area contributed by atoms with Gasteiger partial charge in [-0.3, -0.25) is 4.79 Å². The van der Waals surface area contributed by atoms with Crippen LogP contribution in [0.25, 0.3) is 0 Å². The highest BCUT2D eigenvalue weighted by atomic mass is 16.4. The van der Waals surface area contributed by atoms with E-state index in [9.17, 15) is 4.79 Å². The maximum Gasteiger partial charge on any atom is 0.320 e. The van der Waals surface area contributed by atoms with Gasteiger partial charge < -0.3 is 10.8 Å². The maximum absolute atomic E-state index is 10.4. The smallest absolute Gasteiger partial charge is 0.320 e. The molecule has 0 aliphatic heterocycles. The zero-order valence-electron chi connectivity index (χ0n) is 7.21. The third kappa shape index (κ3) is 3.37. The van der Waals surface area contributed by atoms with Gasteiger partial charge in [0.1, 0.15) is 6.04 Å². The average molecular weight is 159 g/mol. The second kappa shape index (κ2) is 5.13. The average Bonchev–Trinajstić information content (AvgIpc) is 1.98. The Morgan fingerprint density at radius 3 is 2.36 bits per heavy atom. The molecule has 0 spiro atoms. The van der Waals surface area contributed by atoms with Crippen molar-refractivity contribution in [1.82, 2.24) is 0 Å². The van der Waals surface area contributed by atoms with E-state index in [4.69, 9.17) is 10.8 Å². The summed E-state index contributed by atoms with van der Waals surface area (Å²) in [6.07, 6.45) is 2.75. The van der Waals surface area contributed by atoms with Gasteiger partial charge in [0.15, 0.2) is 0 Å². The van der Waals surface area contributed by atoms with Crippen LogP contribution in [0, 0.1) is 5.92 Å². The Balaban J connectivity index is 3.91. The van der Waals surface area contributed by atoms with Crippen molar-refractivity contribution in [3.05, 3.63) is 0 Å². The Bertz CT molecular complexity index is 125. The van der Waals surface area contributed by atoms with E-state index in [-0.39, 0.29) is 5.92 Å². The van der Waals surface area contributed by atoms with Crippen molar-refractivity contribution >= 4 is 5.97 Å². The monoisotopic (exact) mass is 159 g/mol. The highest BCUT2D eigenvalue weighted by molar-refractivity contribution is 5.73. The van der Waals surface area contributed by atoms with Gasteiger partial charge in [0.05, 0.1) is 0 Å². The van der Waals surface area contributed by atoms with Crippen molar-refractivity contribution in [2.75, 3.05) is 0 Å². The van der Waals surface area contributed by atoms with Gasteiger partial charge in [0.2, 0.25) is 0 Å². The maximum atomic E-state index is 10.4. The number of rotatable bonds is 5. The lowest BCUT2D eigenvalue weighted by Gasteiger charge is -2.17. The number of hydrogen-bond donors (Lipinski definition) is 2. The lowest BCUT2D eigenvalue weighted by atomic mass is 9.93. The molecule has 11 heavy (non-hydrogen) atoms. The molecule has 0 aromatic carbocycles. The summed E-state index contributed by atoms with van der Waals surface area (Å²) in [5, 5.41) is 8.59. The van der Waals surface area contributed by atoms with Crippen LogP contribution >= 0.6 is 0 Å². The van der Waals surface area contributed by atoms with Crippen LogP contribution in [0.1, 0.15) is 33.1 Å². The minimum atomic E-state index is -0.884. The van der Waals surface area contributed by atoms with Crippen molar-refractivity contribution in [1.29, 1.82) is 0 Å². The number of nitrogens with two attached hydrogens (primary N) is 1. The molecule has 0 amide bonds. The number of carboxylic acids is 1. The second-order valence-corrected chi connectivity index (χ2v) is 2.82. The highest BCUT2D eigenvalue weighted by Crippen LogP contribution is 2.13. The van der Waals surface area contributed by atoms with Crippen LogP contribution in [-0.2, 0) is 4.79 Å². The summed E-state index contributed by atoms with van der Waals surface area (Å²) >= 11 is 0. The first-order valence-electron chi connectivity index (χ1n) is 4.11. The van der Waals surface area contributed by atoms with Gasteiger partial charge in [0.25, 0.3) is 0 Å². The molecule has 66 valence electrons. The van der Waals surface area contributed by atoms with Crippen molar-refractivity contribution in [3.63, 3.8) is 0 Å². The summed E-state index contributed by atoms with van der Waals surface area (Å²) in [5.41, 5.74) is 5.46. The van der Waals surface area contributed by atoms with E-state index in [1.807, 2.05) is 13.8 Å². The van der Waals surface area contributed by atoms with E-state index < -0.39 is 12.0 Å². The van der Waals surface area contributed by atoms with E-state index in [2.05, 4.69) is 0 Å². The van der Waals surface area contributed by atoms with Crippen LogP contribution in [0.15, 0.2) is 0 Å². The van der Waals surface area contributed by atoms with Crippen LogP contribution in [0.3, 0.4) is 0 Å². The van der Waals surface area contributed by atoms with Gasteiger partial charge in [-0.05, 0) is 12.3 Å². The number of aliphatic carboxylic acids is 1. The topological polar surface area (TPSA) is 63.3 Å². The van der Waals surface area contributed by atoms with Crippen LogP contribution in [-0.4, -0.2) is 17.1 Å². The quantitative estimate of drug-likeness (QED) is 0.634. The number of carboxylic acid groups (broad SMARTS) is 1. The fourth-order valence-corrected chi connectivity index (χ4v) is 1.21. The standard InChI is InChI=1S/C8H17NO2/c1-3-5-6(4-2)7(9)8(10)11/h6-7H,3-5,9H2,1-2H3,(H,10,11). The lowest BCUT2D eigenvalue weighted by molar-refractivity contribution is -0.140. The summed E-state index contributed by atoms with van der Waals surface area (Å²) in [4.78, 5) is 10.4. The molecule has 0 aliphatic rings. The first-order valence-corrected chi connectivity index (χ1v) is 4.11. The Kier molecular flexibility index (Phi) is 4.86. The lowest BCUT2D eigenvalue weighted by Crippen LogP contribution is -2.37. The van der Waals surface area contributed by atoms with Gasteiger partial charge in [-0.15, -0.1) is 0 Å². The molecule has 2 atom stereocenters. The zero-order valence-corrected chi connectivity index (χ0v) is 7.21. The van der Waals surface area contributed by atoms with Gasteiger partial charge in [-0.25, -0.2) is 0 Å². The number of hydrogen-bond acceptors (Lipinski definition) is 2. The van der Waals surface area contributed by atoms with E-state index in [1.54, 1.807) is 0 Å². The molecule has 0 aliphatic carbocycles. The fraction of sp³-hybridized carbons (Fsp3) is 0.875. The molecule has 0 saturated heterocycles. The highest BCUT2D eigenvalue weighted by Gasteiger charge is 2.21. The summed E-state index contributed by atoms with van der Waals surface area (Å²) in [7, 11) is 0. The second-order valence-electron chi connectivity index (χ2n) is 2.82.